The van der Waals surface area contributed by atoms with Gasteiger partial charge in [0.25, 0.3) is 11.8 Å². The Labute approximate surface area is 182 Å². The number of nitrogens with zero attached hydrogens (tertiary/aromatic N) is 3. The monoisotopic (exact) mass is 416 g/mol. The lowest BCUT2D eigenvalue weighted by atomic mass is 10.1. The lowest BCUT2D eigenvalue weighted by molar-refractivity contribution is 0.0745. The van der Waals surface area contributed by atoms with Gasteiger partial charge in [0.1, 0.15) is 5.69 Å². The number of nitrogens with one attached hydrogen (secondary N) is 1. The standard InChI is InChI=1S/C25H28N4O2/c1-18-7-9-21(10-8-18)17-28-13-4-14-29-23(25(28)31)16-22(27-29)24(30)26-12-11-20-6-3-5-19(2)15-20/h3,5-10,15-16H,4,11-14,17H2,1-2H3,(H,26,30). The summed E-state index contributed by atoms with van der Waals surface area (Å²) in [4.78, 5) is 27.6. The minimum absolute atomic E-state index is 0.0793. The minimum Gasteiger partial charge on any atom is -0.350 e. The van der Waals surface area contributed by atoms with Gasteiger partial charge in [-0.05, 0) is 37.8 Å². The van der Waals surface area contributed by atoms with Crippen molar-refractivity contribution in [1.82, 2.24) is 20.0 Å². The van der Waals surface area contributed by atoms with Crippen LogP contribution in [0.1, 0.15) is 49.7 Å². The lowest BCUT2D eigenvalue weighted by Gasteiger charge is -2.20. The Morgan fingerprint density at radius 1 is 1.00 bits per heavy atom. The maximum Gasteiger partial charge on any atom is 0.272 e. The van der Waals surface area contributed by atoms with Crippen molar-refractivity contribution in [3.8, 4) is 0 Å². The van der Waals surface area contributed by atoms with Crippen molar-refractivity contribution in [1.29, 1.82) is 0 Å². The molecule has 1 aromatic heterocycles. The minimum atomic E-state index is -0.244. The van der Waals surface area contributed by atoms with E-state index >= 15 is 0 Å². The van der Waals surface area contributed by atoms with Crippen LogP contribution in [0, 0.1) is 13.8 Å². The van der Waals surface area contributed by atoms with Gasteiger partial charge in [0.15, 0.2) is 5.69 Å². The van der Waals surface area contributed by atoms with Crippen molar-refractivity contribution in [3.05, 3.63) is 88.2 Å². The van der Waals surface area contributed by atoms with E-state index in [1.807, 2.05) is 17.9 Å². The number of aryl methyl sites for hydroxylation is 3. The van der Waals surface area contributed by atoms with E-state index in [4.69, 9.17) is 0 Å². The molecule has 1 N–H and O–H groups in total. The van der Waals surface area contributed by atoms with Crippen molar-refractivity contribution in [2.24, 2.45) is 0 Å². The van der Waals surface area contributed by atoms with Gasteiger partial charge in [-0.1, -0.05) is 59.7 Å². The average Bonchev–Trinajstić information content (AvgIpc) is 3.12. The van der Waals surface area contributed by atoms with Crippen molar-refractivity contribution in [2.45, 2.75) is 39.8 Å². The normalized spacial score (nSPS) is 13.6. The maximum atomic E-state index is 13.1. The van der Waals surface area contributed by atoms with Crippen LogP contribution in [0.5, 0.6) is 0 Å². The fourth-order valence-electron chi connectivity index (χ4n) is 3.89. The summed E-state index contributed by atoms with van der Waals surface area (Å²) >= 11 is 0. The highest BCUT2D eigenvalue weighted by Crippen LogP contribution is 2.17. The molecule has 3 aromatic rings. The van der Waals surface area contributed by atoms with Crippen molar-refractivity contribution < 1.29 is 9.59 Å². The van der Waals surface area contributed by atoms with Gasteiger partial charge in [-0.3, -0.25) is 14.3 Å². The summed E-state index contributed by atoms with van der Waals surface area (Å²) in [7, 11) is 0. The van der Waals surface area contributed by atoms with E-state index in [0.717, 1.165) is 18.4 Å². The zero-order valence-electron chi connectivity index (χ0n) is 18.1. The number of amides is 2. The molecule has 0 fully saturated rings. The summed E-state index contributed by atoms with van der Waals surface area (Å²) < 4.78 is 1.67. The van der Waals surface area contributed by atoms with Gasteiger partial charge in [-0.2, -0.15) is 5.10 Å². The topological polar surface area (TPSA) is 67.2 Å². The molecule has 1 aliphatic heterocycles. The molecule has 2 heterocycles. The summed E-state index contributed by atoms with van der Waals surface area (Å²) in [6.45, 7) is 6.49. The third-order valence-corrected chi connectivity index (χ3v) is 5.59. The van der Waals surface area contributed by atoms with Crippen LogP contribution in [-0.2, 0) is 19.5 Å². The predicted molar refractivity (Wildman–Crippen MR) is 120 cm³/mol. The molecule has 160 valence electrons. The average molecular weight is 417 g/mol. The van der Waals surface area contributed by atoms with Gasteiger partial charge in [-0.25, -0.2) is 0 Å². The fraction of sp³-hybridized carbons (Fsp3) is 0.320. The molecule has 0 saturated carbocycles. The van der Waals surface area contributed by atoms with Crippen LogP contribution in [-0.4, -0.2) is 39.6 Å². The highest BCUT2D eigenvalue weighted by Gasteiger charge is 2.26. The zero-order chi connectivity index (χ0) is 21.8. The zero-order valence-corrected chi connectivity index (χ0v) is 18.1. The summed E-state index contributed by atoms with van der Waals surface area (Å²) in [5, 5.41) is 7.33. The molecule has 6 heteroatoms. The number of hydrogen-bond acceptors (Lipinski definition) is 3. The number of fused-ring (bicyclic) bond motifs is 1. The van der Waals surface area contributed by atoms with E-state index in [9.17, 15) is 9.59 Å². The van der Waals surface area contributed by atoms with Crippen molar-refractivity contribution in [2.75, 3.05) is 13.1 Å². The van der Waals surface area contributed by atoms with Crippen molar-refractivity contribution in [3.63, 3.8) is 0 Å². The van der Waals surface area contributed by atoms with E-state index < -0.39 is 0 Å². The summed E-state index contributed by atoms with van der Waals surface area (Å²) in [6.07, 6.45) is 1.56. The van der Waals surface area contributed by atoms with Gasteiger partial charge in [-0.15, -0.1) is 0 Å². The molecule has 6 nitrogen and oxygen atoms in total. The number of carbonyl (C=O) groups is 2. The molecule has 0 bridgehead atoms. The summed E-state index contributed by atoms with van der Waals surface area (Å²) in [5.41, 5.74) is 5.46. The summed E-state index contributed by atoms with van der Waals surface area (Å²) in [5.74, 6) is -0.324. The lowest BCUT2D eigenvalue weighted by Crippen LogP contribution is -2.30. The molecule has 31 heavy (non-hydrogen) atoms. The highest BCUT2D eigenvalue weighted by molar-refractivity contribution is 5.98. The van der Waals surface area contributed by atoms with Crippen LogP contribution >= 0.6 is 0 Å². The molecule has 0 radical (unpaired) electrons. The first kappa shape index (κ1) is 20.8. The second-order valence-corrected chi connectivity index (χ2v) is 8.20. The molecule has 1 aliphatic rings. The Bertz CT molecular complexity index is 1090. The molecular weight excluding hydrogens is 388 g/mol. The second-order valence-electron chi connectivity index (χ2n) is 8.20. The van der Waals surface area contributed by atoms with Crippen molar-refractivity contribution >= 4 is 11.8 Å². The first-order valence-electron chi connectivity index (χ1n) is 10.8. The number of rotatable bonds is 6. The van der Waals surface area contributed by atoms with E-state index in [1.165, 1.54) is 16.7 Å². The van der Waals surface area contributed by atoms with Crippen LogP contribution < -0.4 is 5.32 Å². The van der Waals surface area contributed by atoms with Gasteiger partial charge in [0.2, 0.25) is 0 Å². The largest absolute Gasteiger partial charge is 0.350 e. The van der Waals surface area contributed by atoms with Crippen LogP contribution in [0.25, 0.3) is 0 Å². The summed E-state index contributed by atoms with van der Waals surface area (Å²) in [6, 6.07) is 18.1. The fourth-order valence-corrected chi connectivity index (χ4v) is 3.89. The van der Waals surface area contributed by atoms with Gasteiger partial charge in [0, 0.05) is 32.2 Å². The van der Waals surface area contributed by atoms with Crippen LogP contribution in [0.2, 0.25) is 0 Å². The van der Waals surface area contributed by atoms with Crippen LogP contribution in [0.15, 0.2) is 54.6 Å². The SMILES string of the molecule is Cc1ccc(CN2CCCn3nc(C(=O)NCCc4cccc(C)c4)cc3C2=O)cc1. The maximum absolute atomic E-state index is 13.1. The molecule has 0 unspecified atom stereocenters. The van der Waals surface area contributed by atoms with E-state index in [0.29, 0.717) is 37.6 Å². The Morgan fingerprint density at radius 2 is 1.81 bits per heavy atom. The Hall–Kier alpha value is -3.41. The molecule has 2 amide bonds. The van der Waals surface area contributed by atoms with Gasteiger partial charge >= 0.3 is 0 Å². The molecular formula is C25H28N4O2. The molecule has 0 spiro atoms. The third-order valence-electron chi connectivity index (χ3n) is 5.59. The van der Waals surface area contributed by atoms with Crippen LogP contribution in [0.4, 0.5) is 0 Å². The third kappa shape index (κ3) is 5.02. The molecule has 4 rings (SSSR count). The van der Waals surface area contributed by atoms with E-state index in [-0.39, 0.29) is 11.8 Å². The molecule has 0 aliphatic carbocycles. The smallest absolute Gasteiger partial charge is 0.272 e. The second kappa shape index (κ2) is 9.16. The predicted octanol–water partition coefficient (Wildman–Crippen LogP) is 3.52. The quantitative estimate of drug-likeness (QED) is 0.669. The first-order chi connectivity index (χ1) is 15.0. The Kier molecular flexibility index (Phi) is 6.16. The van der Waals surface area contributed by atoms with Gasteiger partial charge < -0.3 is 10.2 Å². The van der Waals surface area contributed by atoms with Gasteiger partial charge in [0.05, 0.1) is 0 Å². The first-order valence-corrected chi connectivity index (χ1v) is 10.8. The molecule has 0 saturated heterocycles. The number of carbonyl (C=O) groups excluding carboxylic acids is 2. The number of benzene rings is 2. The number of hydrogen-bond donors (Lipinski definition) is 1. The van der Waals surface area contributed by atoms with Crippen LogP contribution in [0.3, 0.4) is 0 Å². The number of aromatic nitrogens is 2. The van der Waals surface area contributed by atoms with E-state index in [2.05, 4.69) is 59.8 Å². The Morgan fingerprint density at radius 3 is 2.58 bits per heavy atom. The molecule has 0 atom stereocenters. The van der Waals surface area contributed by atoms with E-state index in [1.54, 1.807) is 10.7 Å². The molecule has 2 aromatic carbocycles. The Balaban J connectivity index is 1.41. The highest BCUT2D eigenvalue weighted by atomic mass is 16.2.